The second-order valence-electron chi connectivity index (χ2n) is 5.12. The third-order valence-corrected chi connectivity index (χ3v) is 3.96. The number of nitrogens with zero attached hydrogens (tertiary/aromatic N) is 1. The third-order valence-electron chi connectivity index (χ3n) is 3.72. The average molecular weight is 347 g/mol. The van der Waals surface area contributed by atoms with Crippen molar-refractivity contribution in [3.63, 3.8) is 0 Å². The molecule has 0 bridgehead atoms. The minimum Gasteiger partial charge on any atom is -0.496 e. The molecule has 9 heteroatoms. The predicted molar refractivity (Wildman–Crippen MR) is 74.6 cm³/mol. The molecule has 122 valence electrons. The zero-order valence-electron chi connectivity index (χ0n) is 11.9. The van der Waals surface area contributed by atoms with Crippen LogP contribution in [0.1, 0.15) is 24.1 Å². The van der Waals surface area contributed by atoms with Crippen LogP contribution in [0.3, 0.4) is 0 Å². The molecule has 3 rings (SSSR count). The Bertz CT molecular complexity index is 803. The maximum atomic E-state index is 12.8. The number of alkyl halides is 3. The van der Waals surface area contributed by atoms with Crippen LogP contribution in [0.25, 0.3) is 0 Å². The largest absolute Gasteiger partial charge is 0.496 e. The van der Waals surface area contributed by atoms with Gasteiger partial charge in [0.15, 0.2) is 0 Å². The van der Waals surface area contributed by atoms with Gasteiger partial charge in [-0.25, -0.2) is 4.98 Å². The molecule has 2 heterocycles. The summed E-state index contributed by atoms with van der Waals surface area (Å²) in [5.41, 5.74) is -1.38. The first-order chi connectivity index (χ1) is 10.7. The zero-order chi connectivity index (χ0) is 17.0. The average Bonchev–Trinajstić information content (AvgIpc) is 2.99. The molecule has 0 fully saturated rings. The molecule has 0 radical (unpaired) electrons. The molecule has 0 saturated carbocycles. The molecule has 23 heavy (non-hydrogen) atoms. The second kappa shape index (κ2) is 4.89. The molecule has 1 aromatic heterocycles. The molecule has 0 aliphatic carbocycles. The van der Waals surface area contributed by atoms with Gasteiger partial charge in [0.2, 0.25) is 11.8 Å². The van der Waals surface area contributed by atoms with Crippen LogP contribution in [0.15, 0.2) is 22.6 Å². The van der Waals surface area contributed by atoms with Crippen molar-refractivity contribution in [2.24, 2.45) is 0 Å². The zero-order valence-corrected chi connectivity index (χ0v) is 12.7. The number of hydrogen-bond donors (Lipinski definition) is 1. The molecule has 5 nitrogen and oxygen atoms in total. The standard InChI is InChI=1S/C14H10ClF3N2O3/c1-13(7-5-6(15)3-4-8(7)22-2)9-10(20-11(13)21)23-12(19-9)14(16,17)18/h3-5H,1-2H3,(H,20,21)/t13-/m1/s1. The molecule has 2 aromatic rings. The highest BCUT2D eigenvalue weighted by Gasteiger charge is 2.52. The highest BCUT2D eigenvalue weighted by atomic mass is 35.5. The predicted octanol–water partition coefficient (Wildman–Crippen LogP) is 3.61. The minimum atomic E-state index is -4.76. The monoisotopic (exact) mass is 346 g/mol. The van der Waals surface area contributed by atoms with Crippen LogP contribution in [0.5, 0.6) is 5.75 Å². The number of fused-ring (bicyclic) bond motifs is 1. The number of amides is 1. The van der Waals surface area contributed by atoms with Crippen LogP contribution < -0.4 is 10.1 Å². The fourth-order valence-electron chi connectivity index (χ4n) is 2.52. The fraction of sp³-hybridized carbons (Fsp3) is 0.286. The van der Waals surface area contributed by atoms with Gasteiger partial charge >= 0.3 is 12.1 Å². The Morgan fingerprint density at radius 2 is 2.09 bits per heavy atom. The number of rotatable bonds is 2. The Labute approximate surface area is 133 Å². The highest BCUT2D eigenvalue weighted by molar-refractivity contribution is 6.30. The Morgan fingerprint density at radius 3 is 2.70 bits per heavy atom. The number of benzene rings is 1. The van der Waals surface area contributed by atoms with Crippen LogP contribution in [0.2, 0.25) is 5.02 Å². The van der Waals surface area contributed by atoms with Gasteiger partial charge in [-0.05, 0) is 25.1 Å². The number of anilines is 1. The molecule has 1 amide bonds. The first-order valence-electron chi connectivity index (χ1n) is 6.42. The number of aromatic nitrogens is 1. The van der Waals surface area contributed by atoms with E-state index in [1.165, 1.54) is 26.2 Å². The van der Waals surface area contributed by atoms with Crippen LogP contribution >= 0.6 is 11.6 Å². The Balaban J connectivity index is 2.22. The van der Waals surface area contributed by atoms with Crippen molar-refractivity contribution >= 4 is 23.4 Å². The van der Waals surface area contributed by atoms with Gasteiger partial charge in [0.05, 0.1) is 7.11 Å². The first-order valence-corrected chi connectivity index (χ1v) is 6.79. The maximum Gasteiger partial charge on any atom is 0.469 e. The molecule has 1 atom stereocenters. The molecule has 0 unspecified atom stereocenters. The van der Waals surface area contributed by atoms with Gasteiger partial charge in [0.1, 0.15) is 16.9 Å². The number of methoxy groups -OCH3 is 1. The molecular weight excluding hydrogens is 337 g/mol. The Hall–Kier alpha value is -2.22. The summed E-state index contributed by atoms with van der Waals surface area (Å²) in [6.45, 7) is 1.44. The molecule has 0 spiro atoms. The van der Waals surface area contributed by atoms with E-state index in [1.54, 1.807) is 6.07 Å². The summed E-state index contributed by atoms with van der Waals surface area (Å²) in [6.07, 6.45) is -4.76. The lowest BCUT2D eigenvalue weighted by Gasteiger charge is -2.23. The van der Waals surface area contributed by atoms with E-state index in [0.717, 1.165) is 0 Å². The van der Waals surface area contributed by atoms with E-state index in [4.69, 9.17) is 16.3 Å². The molecule has 1 aliphatic heterocycles. The van der Waals surface area contributed by atoms with Gasteiger partial charge in [-0.2, -0.15) is 13.2 Å². The minimum absolute atomic E-state index is 0.157. The van der Waals surface area contributed by atoms with E-state index in [-0.39, 0.29) is 11.6 Å². The van der Waals surface area contributed by atoms with Crippen molar-refractivity contribution < 1.29 is 27.1 Å². The molecule has 0 saturated heterocycles. The van der Waals surface area contributed by atoms with Crippen molar-refractivity contribution in [3.05, 3.63) is 40.4 Å². The fourth-order valence-corrected chi connectivity index (χ4v) is 2.69. The third kappa shape index (κ3) is 2.24. The second-order valence-corrected chi connectivity index (χ2v) is 5.55. The van der Waals surface area contributed by atoms with E-state index in [9.17, 15) is 18.0 Å². The number of ether oxygens (including phenoxy) is 1. The topological polar surface area (TPSA) is 64.4 Å². The van der Waals surface area contributed by atoms with Gasteiger partial charge < -0.3 is 9.15 Å². The summed E-state index contributed by atoms with van der Waals surface area (Å²) in [4.78, 5) is 15.8. The normalized spacial score (nSPS) is 20.3. The van der Waals surface area contributed by atoms with E-state index in [2.05, 4.69) is 14.7 Å². The van der Waals surface area contributed by atoms with Crippen molar-refractivity contribution in [1.29, 1.82) is 0 Å². The van der Waals surface area contributed by atoms with Crippen molar-refractivity contribution in [2.45, 2.75) is 18.5 Å². The lowest BCUT2D eigenvalue weighted by molar-refractivity contribution is -0.157. The summed E-state index contributed by atoms with van der Waals surface area (Å²) >= 11 is 5.96. The molecular formula is C14H10ClF3N2O3. The van der Waals surface area contributed by atoms with E-state index in [0.29, 0.717) is 16.3 Å². The van der Waals surface area contributed by atoms with E-state index < -0.39 is 23.4 Å². The molecule has 1 aliphatic rings. The lowest BCUT2D eigenvalue weighted by Crippen LogP contribution is -2.33. The summed E-state index contributed by atoms with van der Waals surface area (Å²) in [5, 5.41) is 2.59. The maximum absolute atomic E-state index is 12.8. The first kappa shape index (κ1) is 15.7. The van der Waals surface area contributed by atoms with Crippen LogP contribution in [-0.2, 0) is 16.4 Å². The number of hydrogen-bond acceptors (Lipinski definition) is 4. The Morgan fingerprint density at radius 1 is 1.39 bits per heavy atom. The Kier molecular flexibility index (Phi) is 3.33. The SMILES string of the molecule is COc1ccc(Cl)cc1[C@@]1(C)C(=O)Nc2oc(C(F)(F)F)nc21. The van der Waals surface area contributed by atoms with Crippen LogP contribution in [-0.4, -0.2) is 18.0 Å². The number of halogens is 4. The van der Waals surface area contributed by atoms with Gasteiger partial charge in [-0.3, -0.25) is 10.1 Å². The van der Waals surface area contributed by atoms with Gasteiger partial charge in [-0.1, -0.05) is 11.6 Å². The summed E-state index contributed by atoms with van der Waals surface area (Å²) in [6, 6.07) is 4.53. The van der Waals surface area contributed by atoms with Gasteiger partial charge in [-0.15, -0.1) is 0 Å². The smallest absolute Gasteiger partial charge is 0.469 e. The van der Waals surface area contributed by atoms with Gasteiger partial charge in [0.25, 0.3) is 0 Å². The lowest BCUT2D eigenvalue weighted by atomic mass is 9.80. The van der Waals surface area contributed by atoms with Crippen molar-refractivity contribution in [3.8, 4) is 5.75 Å². The van der Waals surface area contributed by atoms with Crippen molar-refractivity contribution in [1.82, 2.24) is 4.98 Å². The highest BCUT2D eigenvalue weighted by Crippen LogP contribution is 2.47. The quantitative estimate of drug-likeness (QED) is 0.902. The summed E-state index contributed by atoms with van der Waals surface area (Å²) < 4.78 is 48.2. The van der Waals surface area contributed by atoms with Crippen molar-refractivity contribution in [2.75, 3.05) is 12.4 Å². The number of nitrogens with one attached hydrogen (secondary N) is 1. The number of carbonyl (C=O) groups is 1. The number of carbonyl (C=O) groups excluding carboxylic acids is 1. The van der Waals surface area contributed by atoms with Crippen LogP contribution in [0.4, 0.5) is 19.1 Å². The van der Waals surface area contributed by atoms with E-state index >= 15 is 0 Å². The van der Waals surface area contributed by atoms with Gasteiger partial charge in [0, 0.05) is 10.6 Å². The van der Waals surface area contributed by atoms with Crippen LogP contribution in [0, 0.1) is 0 Å². The van der Waals surface area contributed by atoms with E-state index in [1.807, 2.05) is 0 Å². The number of oxazole rings is 1. The molecule has 1 N–H and O–H groups in total. The molecule has 1 aromatic carbocycles. The summed E-state index contributed by atoms with van der Waals surface area (Å²) in [7, 11) is 1.38. The summed E-state index contributed by atoms with van der Waals surface area (Å²) in [5.74, 6) is -2.02.